The molecule has 1 aliphatic carbocycles. The molecule has 1 aromatic heterocycles. The molecule has 1 aromatic rings. The highest BCUT2D eigenvalue weighted by atomic mass is 127. The van der Waals surface area contributed by atoms with Gasteiger partial charge in [-0.25, -0.2) is 4.99 Å². The van der Waals surface area contributed by atoms with Gasteiger partial charge in [-0.2, -0.15) is 0 Å². The second kappa shape index (κ2) is 10.3. The Morgan fingerprint density at radius 3 is 2.64 bits per heavy atom. The van der Waals surface area contributed by atoms with E-state index in [9.17, 15) is 0 Å². The standard InChI is InChI=1S/C17H30N6O.HI/c1-13-21-22-16(23(13)2)12-19-17(18-11-15-9-6-10-24-15)20-14-7-4-3-5-8-14;/h14-15H,3-12H2,1-2H3,(H2,18,19,20);1H. The SMILES string of the molecule is Cc1nnc(CN=C(NCC2CCCO2)NC2CCCCC2)n1C.I. The Morgan fingerprint density at radius 2 is 2.00 bits per heavy atom. The lowest BCUT2D eigenvalue weighted by atomic mass is 9.96. The van der Waals surface area contributed by atoms with Crippen LogP contribution in [0.4, 0.5) is 0 Å². The Labute approximate surface area is 167 Å². The lowest BCUT2D eigenvalue weighted by Gasteiger charge is -2.25. The van der Waals surface area contributed by atoms with E-state index >= 15 is 0 Å². The van der Waals surface area contributed by atoms with Crippen LogP contribution in [0.15, 0.2) is 4.99 Å². The summed E-state index contributed by atoms with van der Waals surface area (Å²) in [6, 6.07) is 0.524. The predicted octanol–water partition coefficient (Wildman–Crippen LogP) is 2.29. The first-order chi connectivity index (χ1) is 11.7. The van der Waals surface area contributed by atoms with Crippen molar-refractivity contribution in [3.05, 3.63) is 11.6 Å². The predicted molar refractivity (Wildman–Crippen MR) is 109 cm³/mol. The molecule has 1 aliphatic heterocycles. The van der Waals surface area contributed by atoms with Crippen LogP contribution in [0.3, 0.4) is 0 Å². The fourth-order valence-electron chi connectivity index (χ4n) is 3.35. The van der Waals surface area contributed by atoms with Crippen molar-refractivity contribution in [2.24, 2.45) is 12.0 Å². The molecule has 142 valence electrons. The van der Waals surface area contributed by atoms with Gasteiger partial charge in [-0.05, 0) is 32.6 Å². The number of hydrogen-bond donors (Lipinski definition) is 2. The Morgan fingerprint density at radius 1 is 1.20 bits per heavy atom. The van der Waals surface area contributed by atoms with Crippen LogP contribution < -0.4 is 10.6 Å². The van der Waals surface area contributed by atoms with Gasteiger partial charge in [0.05, 0.1) is 6.10 Å². The number of hydrogen-bond acceptors (Lipinski definition) is 4. The first-order valence-corrected chi connectivity index (χ1v) is 9.23. The summed E-state index contributed by atoms with van der Waals surface area (Å²) in [5, 5.41) is 15.4. The van der Waals surface area contributed by atoms with Crippen LogP contribution in [-0.2, 0) is 18.3 Å². The Kier molecular flexibility index (Phi) is 8.41. The molecule has 2 heterocycles. The van der Waals surface area contributed by atoms with Gasteiger partial charge in [0.2, 0.25) is 0 Å². The minimum Gasteiger partial charge on any atom is -0.376 e. The van der Waals surface area contributed by atoms with E-state index in [2.05, 4.69) is 20.8 Å². The maximum Gasteiger partial charge on any atom is 0.192 e. The minimum absolute atomic E-state index is 0. The van der Waals surface area contributed by atoms with Crippen molar-refractivity contribution in [3.63, 3.8) is 0 Å². The van der Waals surface area contributed by atoms with Crippen molar-refractivity contribution in [1.82, 2.24) is 25.4 Å². The summed E-state index contributed by atoms with van der Waals surface area (Å²) in [5.74, 6) is 2.67. The molecule has 0 aromatic carbocycles. The first-order valence-electron chi connectivity index (χ1n) is 9.23. The zero-order valence-electron chi connectivity index (χ0n) is 15.3. The zero-order valence-corrected chi connectivity index (χ0v) is 17.7. The molecular weight excluding hydrogens is 431 g/mol. The summed E-state index contributed by atoms with van der Waals surface area (Å²) in [7, 11) is 1.98. The van der Waals surface area contributed by atoms with Gasteiger partial charge in [0, 0.05) is 26.2 Å². The summed E-state index contributed by atoms with van der Waals surface area (Å²) in [6.07, 6.45) is 9.01. The number of aryl methyl sites for hydroxylation is 1. The Balaban J connectivity index is 0.00000225. The van der Waals surface area contributed by atoms with Crippen molar-refractivity contribution in [1.29, 1.82) is 0 Å². The highest BCUT2D eigenvalue weighted by Crippen LogP contribution is 2.17. The largest absolute Gasteiger partial charge is 0.376 e. The topological polar surface area (TPSA) is 76.4 Å². The molecule has 2 aliphatic rings. The molecule has 1 unspecified atom stereocenters. The number of rotatable bonds is 5. The van der Waals surface area contributed by atoms with E-state index in [4.69, 9.17) is 9.73 Å². The third-order valence-corrected chi connectivity index (χ3v) is 5.03. The quantitative estimate of drug-likeness (QED) is 0.399. The molecule has 0 spiro atoms. The molecule has 25 heavy (non-hydrogen) atoms. The molecule has 7 nitrogen and oxygen atoms in total. The van der Waals surface area contributed by atoms with Crippen molar-refractivity contribution in [2.75, 3.05) is 13.2 Å². The first kappa shape index (κ1) is 20.4. The highest BCUT2D eigenvalue weighted by Gasteiger charge is 2.18. The molecular formula is C17H31IN6O. The molecule has 2 fully saturated rings. The van der Waals surface area contributed by atoms with E-state index in [1.54, 1.807) is 0 Å². The van der Waals surface area contributed by atoms with Gasteiger partial charge in [-0.3, -0.25) is 0 Å². The van der Waals surface area contributed by atoms with Crippen LogP contribution in [0, 0.1) is 6.92 Å². The zero-order chi connectivity index (χ0) is 16.8. The van der Waals surface area contributed by atoms with Crippen molar-refractivity contribution in [3.8, 4) is 0 Å². The maximum atomic E-state index is 5.71. The van der Waals surface area contributed by atoms with Gasteiger partial charge in [0.25, 0.3) is 0 Å². The van der Waals surface area contributed by atoms with Gasteiger partial charge < -0.3 is 19.9 Å². The van der Waals surface area contributed by atoms with Crippen molar-refractivity contribution < 1.29 is 4.74 Å². The van der Waals surface area contributed by atoms with E-state index < -0.39 is 0 Å². The van der Waals surface area contributed by atoms with Gasteiger partial charge >= 0.3 is 0 Å². The van der Waals surface area contributed by atoms with E-state index in [0.717, 1.165) is 43.6 Å². The van der Waals surface area contributed by atoms with E-state index in [-0.39, 0.29) is 24.0 Å². The number of ether oxygens (including phenoxy) is 1. The third kappa shape index (κ3) is 6.09. The molecule has 8 heteroatoms. The summed E-state index contributed by atoms with van der Waals surface area (Å²) in [4.78, 5) is 4.74. The molecule has 1 atom stereocenters. The van der Waals surface area contributed by atoms with Crippen LogP contribution in [0.25, 0.3) is 0 Å². The average Bonchev–Trinajstić information content (AvgIpc) is 3.23. The fraction of sp³-hybridized carbons (Fsp3) is 0.824. The molecule has 0 radical (unpaired) electrons. The molecule has 3 rings (SSSR count). The summed E-state index contributed by atoms with van der Waals surface area (Å²) >= 11 is 0. The minimum atomic E-state index is 0. The fourth-order valence-corrected chi connectivity index (χ4v) is 3.35. The molecule has 0 amide bonds. The summed E-state index contributed by atoms with van der Waals surface area (Å²) < 4.78 is 7.69. The van der Waals surface area contributed by atoms with Crippen LogP contribution in [0.1, 0.15) is 56.6 Å². The number of nitrogens with zero attached hydrogens (tertiary/aromatic N) is 4. The van der Waals surface area contributed by atoms with E-state index in [0.29, 0.717) is 18.7 Å². The van der Waals surface area contributed by atoms with Crippen LogP contribution in [0.5, 0.6) is 0 Å². The van der Waals surface area contributed by atoms with Gasteiger partial charge in [0.15, 0.2) is 11.8 Å². The van der Waals surface area contributed by atoms with Crippen LogP contribution in [-0.4, -0.2) is 46.0 Å². The highest BCUT2D eigenvalue weighted by molar-refractivity contribution is 14.0. The average molecular weight is 462 g/mol. The third-order valence-electron chi connectivity index (χ3n) is 5.03. The normalized spacial score (nSPS) is 21.8. The number of guanidine groups is 1. The van der Waals surface area contributed by atoms with E-state index in [1.807, 2.05) is 18.5 Å². The Hall–Kier alpha value is -0.900. The van der Waals surface area contributed by atoms with Crippen LogP contribution >= 0.6 is 24.0 Å². The summed E-state index contributed by atoms with van der Waals surface area (Å²) in [5.41, 5.74) is 0. The van der Waals surface area contributed by atoms with Crippen LogP contribution in [0.2, 0.25) is 0 Å². The molecule has 2 N–H and O–H groups in total. The lowest BCUT2D eigenvalue weighted by molar-refractivity contribution is 0.113. The lowest BCUT2D eigenvalue weighted by Crippen LogP contribution is -2.46. The van der Waals surface area contributed by atoms with E-state index in [1.165, 1.54) is 32.1 Å². The van der Waals surface area contributed by atoms with Gasteiger partial charge in [-0.15, -0.1) is 34.2 Å². The van der Waals surface area contributed by atoms with Gasteiger partial charge in [0.1, 0.15) is 12.4 Å². The number of aliphatic imine (C=N–C) groups is 1. The molecule has 0 bridgehead atoms. The number of aromatic nitrogens is 3. The maximum absolute atomic E-state index is 5.71. The smallest absolute Gasteiger partial charge is 0.192 e. The molecule has 1 saturated carbocycles. The Bertz CT molecular complexity index is 549. The second-order valence-electron chi connectivity index (χ2n) is 6.88. The monoisotopic (exact) mass is 462 g/mol. The number of halogens is 1. The van der Waals surface area contributed by atoms with Crippen molar-refractivity contribution >= 4 is 29.9 Å². The number of nitrogens with one attached hydrogen (secondary N) is 2. The summed E-state index contributed by atoms with van der Waals surface area (Å²) in [6.45, 7) is 4.19. The second-order valence-corrected chi connectivity index (χ2v) is 6.88. The molecule has 1 saturated heterocycles. The van der Waals surface area contributed by atoms with Gasteiger partial charge in [-0.1, -0.05) is 19.3 Å². The van der Waals surface area contributed by atoms with Crippen molar-refractivity contribution in [2.45, 2.75) is 70.6 Å².